The molecule has 0 fully saturated rings. The molecule has 0 spiro atoms. The van der Waals surface area contributed by atoms with Crippen LogP contribution in [-0.2, 0) is 19.6 Å². The Balaban J connectivity index is 3.08. The zero-order chi connectivity index (χ0) is 13.8. The van der Waals surface area contributed by atoms with E-state index in [1.54, 1.807) is 6.07 Å². The Hall–Kier alpha value is -1.98. The van der Waals surface area contributed by atoms with Crippen LogP contribution >= 0.6 is 0 Å². The number of carbonyl (C=O) groups excluding carboxylic acids is 1. The third-order valence-corrected chi connectivity index (χ3v) is 3.63. The number of hydrogen-bond donors (Lipinski definition) is 1. The molecule has 1 unspecified atom stereocenters. The normalized spacial score (nSPS) is 12.5. The molecule has 0 aromatic carbocycles. The smallest absolute Gasteiger partial charge is 0.323 e. The molecule has 0 radical (unpaired) electrons. The fourth-order valence-electron chi connectivity index (χ4n) is 1.21. The predicted octanol–water partition coefficient (Wildman–Crippen LogP) is -0.207. The maximum absolute atomic E-state index is 11.9. The predicted molar refractivity (Wildman–Crippen MR) is 60.8 cm³/mol. The van der Waals surface area contributed by atoms with Crippen molar-refractivity contribution in [1.82, 2.24) is 9.71 Å². The number of nitriles is 1. The molecule has 0 aliphatic heterocycles. The summed E-state index contributed by atoms with van der Waals surface area (Å²) in [5.74, 6) is -0.721. The SMILES string of the molecule is COC(=O)C(C)NS(=O)(=O)c1cccnc1C#N. The van der Waals surface area contributed by atoms with Gasteiger partial charge in [0.05, 0.1) is 7.11 Å². The second-order valence-electron chi connectivity index (χ2n) is 3.33. The lowest BCUT2D eigenvalue weighted by Crippen LogP contribution is -2.39. The number of esters is 1. The van der Waals surface area contributed by atoms with E-state index in [1.165, 1.54) is 25.3 Å². The van der Waals surface area contributed by atoms with Gasteiger partial charge in [0.1, 0.15) is 17.0 Å². The third kappa shape index (κ3) is 3.03. The Labute approximate surface area is 104 Å². The molecule has 1 heterocycles. The Kier molecular flexibility index (Phi) is 4.36. The van der Waals surface area contributed by atoms with Crippen LogP contribution in [0.3, 0.4) is 0 Å². The summed E-state index contributed by atoms with van der Waals surface area (Å²) in [6.45, 7) is 1.34. The van der Waals surface area contributed by atoms with Crippen molar-refractivity contribution in [3.05, 3.63) is 24.0 Å². The molecule has 8 heteroatoms. The third-order valence-electron chi connectivity index (χ3n) is 2.05. The van der Waals surface area contributed by atoms with E-state index in [2.05, 4.69) is 14.4 Å². The molecule has 0 aliphatic rings. The number of carbonyl (C=O) groups is 1. The number of ether oxygens (including phenoxy) is 1. The second kappa shape index (κ2) is 5.57. The molecular formula is C10H11N3O4S. The van der Waals surface area contributed by atoms with Crippen LogP contribution in [0.1, 0.15) is 12.6 Å². The number of hydrogen-bond acceptors (Lipinski definition) is 6. The second-order valence-corrected chi connectivity index (χ2v) is 5.01. The minimum Gasteiger partial charge on any atom is -0.468 e. The Bertz CT molecular complexity index is 591. The quantitative estimate of drug-likeness (QED) is 0.758. The summed E-state index contributed by atoms with van der Waals surface area (Å²) in [5.41, 5.74) is -0.234. The van der Waals surface area contributed by atoms with Crippen molar-refractivity contribution in [2.24, 2.45) is 0 Å². The van der Waals surface area contributed by atoms with Gasteiger partial charge in [0.2, 0.25) is 10.0 Å². The fourth-order valence-corrected chi connectivity index (χ4v) is 2.51. The first-order valence-electron chi connectivity index (χ1n) is 4.87. The zero-order valence-corrected chi connectivity index (χ0v) is 10.6. The van der Waals surface area contributed by atoms with Gasteiger partial charge in [-0.25, -0.2) is 13.4 Å². The number of pyridine rings is 1. The molecule has 1 aromatic rings. The van der Waals surface area contributed by atoms with E-state index in [-0.39, 0.29) is 10.6 Å². The lowest BCUT2D eigenvalue weighted by molar-refractivity contribution is -0.142. The van der Waals surface area contributed by atoms with Gasteiger partial charge in [0.25, 0.3) is 0 Å². The molecule has 1 rings (SSSR count). The number of nitrogens with zero attached hydrogens (tertiary/aromatic N) is 2. The van der Waals surface area contributed by atoms with Crippen LogP contribution < -0.4 is 4.72 Å². The van der Waals surface area contributed by atoms with Gasteiger partial charge in [-0.3, -0.25) is 4.79 Å². The van der Waals surface area contributed by atoms with E-state index in [9.17, 15) is 13.2 Å². The van der Waals surface area contributed by atoms with Gasteiger partial charge in [0.15, 0.2) is 5.69 Å². The molecule has 0 saturated heterocycles. The van der Waals surface area contributed by atoms with Gasteiger partial charge < -0.3 is 4.74 Å². The average Bonchev–Trinajstić information content (AvgIpc) is 2.37. The van der Waals surface area contributed by atoms with Crippen LogP contribution in [0.4, 0.5) is 0 Å². The lowest BCUT2D eigenvalue weighted by atomic mass is 10.4. The molecule has 1 aromatic heterocycles. The van der Waals surface area contributed by atoms with Crippen LogP contribution in [0.2, 0.25) is 0 Å². The van der Waals surface area contributed by atoms with E-state index in [0.717, 1.165) is 7.11 Å². The van der Waals surface area contributed by atoms with Gasteiger partial charge >= 0.3 is 5.97 Å². The number of sulfonamides is 1. The van der Waals surface area contributed by atoms with Crippen LogP contribution in [0, 0.1) is 11.3 Å². The van der Waals surface area contributed by atoms with E-state index in [4.69, 9.17) is 5.26 Å². The van der Waals surface area contributed by atoms with Crippen LogP contribution in [0.15, 0.2) is 23.2 Å². The Morgan fingerprint density at radius 2 is 2.28 bits per heavy atom. The number of rotatable bonds is 4. The lowest BCUT2D eigenvalue weighted by Gasteiger charge is -2.12. The molecule has 0 amide bonds. The number of methoxy groups -OCH3 is 1. The molecule has 0 bridgehead atoms. The van der Waals surface area contributed by atoms with Crippen molar-refractivity contribution in [2.75, 3.05) is 7.11 Å². The Morgan fingerprint density at radius 3 is 2.83 bits per heavy atom. The number of aromatic nitrogens is 1. The highest BCUT2D eigenvalue weighted by Crippen LogP contribution is 2.12. The molecular weight excluding hydrogens is 258 g/mol. The van der Waals surface area contributed by atoms with Crippen LogP contribution in [-0.4, -0.2) is 32.5 Å². The standard InChI is InChI=1S/C10H11N3O4S/c1-7(10(14)17-2)13-18(15,16)9-4-3-5-12-8(9)6-11/h3-5,7,13H,1-2H3. The van der Waals surface area contributed by atoms with Crippen LogP contribution in [0.5, 0.6) is 0 Å². The molecule has 1 atom stereocenters. The first-order chi connectivity index (χ1) is 8.42. The van der Waals surface area contributed by atoms with Gasteiger partial charge in [-0.15, -0.1) is 0 Å². The summed E-state index contributed by atoms with van der Waals surface area (Å²) in [6, 6.07) is 3.24. The highest BCUT2D eigenvalue weighted by atomic mass is 32.2. The molecule has 7 nitrogen and oxygen atoms in total. The summed E-state index contributed by atoms with van der Waals surface area (Å²) in [4.78, 5) is 14.5. The van der Waals surface area contributed by atoms with Crippen molar-refractivity contribution in [1.29, 1.82) is 5.26 Å². The van der Waals surface area contributed by atoms with E-state index in [1.807, 2.05) is 0 Å². The molecule has 18 heavy (non-hydrogen) atoms. The average molecular weight is 269 g/mol. The summed E-state index contributed by atoms with van der Waals surface area (Å²) in [5, 5.41) is 8.77. The fraction of sp³-hybridized carbons (Fsp3) is 0.300. The minimum atomic E-state index is -3.99. The first kappa shape index (κ1) is 14.1. The van der Waals surface area contributed by atoms with Crippen molar-refractivity contribution < 1.29 is 17.9 Å². The van der Waals surface area contributed by atoms with Crippen molar-refractivity contribution >= 4 is 16.0 Å². The van der Waals surface area contributed by atoms with E-state index in [0.29, 0.717) is 0 Å². The molecule has 1 N–H and O–H groups in total. The summed E-state index contributed by atoms with van der Waals surface area (Å²) in [6.07, 6.45) is 1.31. The van der Waals surface area contributed by atoms with E-state index < -0.39 is 22.0 Å². The number of nitrogens with one attached hydrogen (secondary N) is 1. The maximum Gasteiger partial charge on any atom is 0.323 e. The molecule has 96 valence electrons. The largest absolute Gasteiger partial charge is 0.468 e. The van der Waals surface area contributed by atoms with Gasteiger partial charge in [-0.05, 0) is 19.1 Å². The topological polar surface area (TPSA) is 109 Å². The highest BCUT2D eigenvalue weighted by molar-refractivity contribution is 7.89. The first-order valence-corrected chi connectivity index (χ1v) is 6.36. The summed E-state index contributed by atoms with van der Waals surface area (Å²) < 4.78 is 30.4. The zero-order valence-electron chi connectivity index (χ0n) is 9.75. The van der Waals surface area contributed by atoms with Crippen molar-refractivity contribution in [3.8, 4) is 6.07 Å². The van der Waals surface area contributed by atoms with E-state index >= 15 is 0 Å². The van der Waals surface area contributed by atoms with Gasteiger partial charge in [-0.2, -0.15) is 9.98 Å². The highest BCUT2D eigenvalue weighted by Gasteiger charge is 2.25. The summed E-state index contributed by atoms with van der Waals surface area (Å²) in [7, 11) is -2.84. The van der Waals surface area contributed by atoms with Gasteiger partial charge in [-0.1, -0.05) is 0 Å². The van der Waals surface area contributed by atoms with Crippen LogP contribution in [0.25, 0.3) is 0 Å². The molecule has 0 aliphatic carbocycles. The molecule has 0 saturated carbocycles. The summed E-state index contributed by atoms with van der Waals surface area (Å²) >= 11 is 0. The van der Waals surface area contributed by atoms with Crippen molar-refractivity contribution in [3.63, 3.8) is 0 Å². The van der Waals surface area contributed by atoms with Gasteiger partial charge in [0, 0.05) is 6.20 Å². The monoisotopic (exact) mass is 269 g/mol. The van der Waals surface area contributed by atoms with Crippen molar-refractivity contribution in [2.45, 2.75) is 17.9 Å². The maximum atomic E-state index is 11.9. The minimum absolute atomic E-state index is 0.234. The Morgan fingerprint density at radius 1 is 1.61 bits per heavy atom.